The zero-order valence-corrected chi connectivity index (χ0v) is 17.5. The van der Waals surface area contributed by atoms with Gasteiger partial charge in [0.1, 0.15) is 0 Å². The summed E-state index contributed by atoms with van der Waals surface area (Å²) in [5.74, 6) is 0. The molecule has 0 atom stereocenters. The van der Waals surface area contributed by atoms with Gasteiger partial charge in [0, 0.05) is 29.4 Å². The summed E-state index contributed by atoms with van der Waals surface area (Å²) in [5.41, 5.74) is 1.33. The van der Waals surface area contributed by atoms with Crippen LogP contribution in [-0.4, -0.2) is 38.2 Å². The average molecular weight is 375 g/mol. The molecule has 144 valence electrons. The van der Waals surface area contributed by atoms with Crippen molar-refractivity contribution in [1.29, 1.82) is 0 Å². The van der Waals surface area contributed by atoms with Crippen LogP contribution in [-0.2, 0) is 6.54 Å². The predicted octanol–water partition coefficient (Wildman–Crippen LogP) is 4.01. The Labute approximate surface area is 164 Å². The summed E-state index contributed by atoms with van der Waals surface area (Å²) >= 11 is 5.91. The lowest BCUT2D eigenvalue weighted by atomic mass is 9.80. The van der Waals surface area contributed by atoms with Crippen LogP contribution in [0.1, 0.15) is 71.9 Å². The van der Waals surface area contributed by atoms with Crippen LogP contribution in [0.3, 0.4) is 0 Å². The number of pyridine rings is 1. The van der Waals surface area contributed by atoms with Crippen molar-refractivity contribution in [3.05, 3.63) is 30.1 Å². The number of aromatic nitrogens is 1. The number of rotatable bonds is 4. The molecule has 1 saturated carbocycles. The highest BCUT2D eigenvalue weighted by Crippen LogP contribution is 2.30. The molecule has 4 nitrogen and oxygen atoms in total. The van der Waals surface area contributed by atoms with Crippen LogP contribution in [0.4, 0.5) is 0 Å². The van der Waals surface area contributed by atoms with E-state index in [0.717, 1.165) is 30.2 Å². The first kappa shape index (κ1) is 19.6. The van der Waals surface area contributed by atoms with E-state index >= 15 is 0 Å². The molecule has 0 aromatic carbocycles. The number of hydrogen-bond donors (Lipinski definition) is 2. The molecule has 5 heteroatoms. The van der Waals surface area contributed by atoms with Crippen molar-refractivity contribution >= 4 is 17.3 Å². The molecule has 0 amide bonds. The van der Waals surface area contributed by atoms with Gasteiger partial charge in [-0.25, -0.2) is 0 Å². The SMILES string of the molecule is CC1(C)CC(NC(=S)N(Cc2ccccn2)C2CCCC2)CC(C)(C)N1. The van der Waals surface area contributed by atoms with E-state index in [4.69, 9.17) is 12.2 Å². The third kappa shape index (κ3) is 5.17. The van der Waals surface area contributed by atoms with Gasteiger partial charge in [0.25, 0.3) is 0 Å². The summed E-state index contributed by atoms with van der Waals surface area (Å²) in [6, 6.07) is 7.07. The maximum absolute atomic E-state index is 5.91. The van der Waals surface area contributed by atoms with E-state index in [0.29, 0.717) is 12.1 Å². The van der Waals surface area contributed by atoms with Crippen molar-refractivity contribution < 1.29 is 0 Å². The molecule has 3 rings (SSSR count). The molecule has 1 aromatic heterocycles. The molecule has 2 aliphatic rings. The third-order valence-electron chi connectivity index (χ3n) is 5.60. The second kappa shape index (κ2) is 7.81. The van der Waals surface area contributed by atoms with Crippen molar-refractivity contribution in [2.24, 2.45) is 0 Å². The summed E-state index contributed by atoms with van der Waals surface area (Å²) in [6.07, 6.45) is 9.11. The monoisotopic (exact) mass is 374 g/mol. The lowest BCUT2D eigenvalue weighted by Crippen LogP contribution is -2.63. The maximum Gasteiger partial charge on any atom is 0.169 e. The van der Waals surface area contributed by atoms with Crippen LogP contribution in [0.15, 0.2) is 24.4 Å². The van der Waals surface area contributed by atoms with Crippen molar-refractivity contribution in [3.8, 4) is 0 Å². The van der Waals surface area contributed by atoms with E-state index in [1.165, 1.54) is 25.7 Å². The number of hydrogen-bond acceptors (Lipinski definition) is 3. The Morgan fingerprint density at radius 3 is 2.42 bits per heavy atom. The molecule has 1 aliphatic carbocycles. The second-order valence-corrected chi connectivity index (χ2v) is 9.72. The minimum atomic E-state index is 0.119. The first-order chi connectivity index (χ1) is 12.2. The van der Waals surface area contributed by atoms with Crippen LogP contribution < -0.4 is 10.6 Å². The minimum absolute atomic E-state index is 0.119. The molecule has 1 aliphatic heterocycles. The second-order valence-electron chi connectivity index (χ2n) is 9.33. The van der Waals surface area contributed by atoms with Crippen molar-refractivity contribution in [3.63, 3.8) is 0 Å². The zero-order chi connectivity index (χ0) is 18.8. The van der Waals surface area contributed by atoms with E-state index < -0.39 is 0 Å². The highest BCUT2D eigenvalue weighted by molar-refractivity contribution is 7.80. The minimum Gasteiger partial charge on any atom is -0.360 e. The summed E-state index contributed by atoms with van der Waals surface area (Å²) in [7, 11) is 0. The largest absolute Gasteiger partial charge is 0.360 e. The smallest absolute Gasteiger partial charge is 0.169 e. The molecule has 0 unspecified atom stereocenters. The highest BCUT2D eigenvalue weighted by Gasteiger charge is 2.38. The Morgan fingerprint density at radius 1 is 1.19 bits per heavy atom. The Kier molecular flexibility index (Phi) is 5.88. The van der Waals surface area contributed by atoms with Crippen LogP contribution >= 0.6 is 12.2 Å². The number of thiocarbonyl (C=S) groups is 1. The average Bonchev–Trinajstić information content (AvgIpc) is 3.04. The van der Waals surface area contributed by atoms with Gasteiger partial charge in [0.05, 0.1) is 12.2 Å². The lowest BCUT2D eigenvalue weighted by molar-refractivity contribution is 0.152. The molecule has 1 aromatic rings. The molecule has 2 heterocycles. The Hall–Kier alpha value is -1.20. The van der Waals surface area contributed by atoms with Gasteiger partial charge >= 0.3 is 0 Å². The molecular formula is C21H34N4S. The highest BCUT2D eigenvalue weighted by atomic mass is 32.1. The summed E-state index contributed by atoms with van der Waals surface area (Å²) < 4.78 is 0. The van der Waals surface area contributed by atoms with E-state index in [1.807, 2.05) is 12.3 Å². The van der Waals surface area contributed by atoms with Gasteiger partial charge in [-0.3, -0.25) is 4.98 Å². The Morgan fingerprint density at radius 2 is 1.85 bits per heavy atom. The fourth-order valence-corrected chi connectivity index (χ4v) is 5.31. The van der Waals surface area contributed by atoms with E-state index in [9.17, 15) is 0 Å². The fraction of sp³-hybridized carbons (Fsp3) is 0.714. The van der Waals surface area contributed by atoms with Gasteiger partial charge in [-0.15, -0.1) is 0 Å². The van der Waals surface area contributed by atoms with Crippen LogP contribution in [0.2, 0.25) is 0 Å². The molecular weight excluding hydrogens is 340 g/mol. The standard InChI is InChI=1S/C21H34N4S/c1-20(2)13-17(14-21(3,4)24-20)23-19(26)25(18-10-5-6-11-18)15-16-9-7-8-12-22-16/h7-9,12,17-18,24H,5-6,10-11,13-15H2,1-4H3,(H,23,26). The Bertz CT molecular complexity index is 592. The van der Waals surface area contributed by atoms with Gasteiger partial charge in [-0.2, -0.15) is 0 Å². The van der Waals surface area contributed by atoms with Crippen molar-refractivity contribution in [2.75, 3.05) is 0 Å². The predicted molar refractivity (Wildman–Crippen MR) is 112 cm³/mol. The molecule has 0 spiro atoms. The first-order valence-corrected chi connectivity index (χ1v) is 10.4. The number of piperidine rings is 1. The Balaban J connectivity index is 1.70. The van der Waals surface area contributed by atoms with E-state index in [2.05, 4.69) is 60.3 Å². The normalized spacial score (nSPS) is 22.9. The van der Waals surface area contributed by atoms with E-state index in [-0.39, 0.29) is 11.1 Å². The quantitative estimate of drug-likeness (QED) is 0.779. The van der Waals surface area contributed by atoms with Crippen LogP contribution in [0.25, 0.3) is 0 Å². The maximum atomic E-state index is 5.91. The first-order valence-electron chi connectivity index (χ1n) is 10.0. The summed E-state index contributed by atoms with van der Waals surface area (Å²) in [5, 5.41) is 8.37. The number of nitrogens with zero attached hydrogens (tertiary/aromatic N) is 2. The van der Waals surface area contributed by atoms with Gasteiger partial charge in [-0.1, -0.05) is 18.9 Å². The zero-order valence-electron chi connectivity index (χ0n) is 16.7. The fourth-order valence-electron chi connectivity index (χ4n) is 4.93. The molecule has 1 saturated heterocycles. The van der Waals surface area contributed by atoms with Gasteiger partial charge in [-0.05, 0) is 77.7 Å². The summed E-state index contributed by atoms with van der Waals surface area (Å²) in [6.45, 7) is 9.94. The third-order valence-corrected chi connectivity index (χ3v) is 5.95. The molecule has 0 bridgehead atoms. The lowest BCUT2D eigenvalue weighted by Gasteiger charge is -2.47. The topological polar surface area (TPSA) is 40.2 Å². The molecule has 0 radical (unpaired) electrons. The van der Waals surface area contributed by atoms with E-state index in [1.54, 1.807) is 0 Å². The van der Waals surface area contributed by atoms with Crippen molar-refractivity contribution in [1.82, 2.24) is 20.5 Å². The molecule has 26 heavy (non-hydrogen) atoms. The van der Waals surface area contributed by atoms with Crippen LogP contribution in [0.5, 0.6) is 0 Å². The number of nitrogens with one attached hydrogen (secondary N) is 2. The summed E-state index contributed by atoms with van der Waals surface area (Å²) in [4.78, 5) is 6.92. The molecule has 2 fully saturated rings. The van der Waals surface area contributed by atoms with Gasteiger partial charge < -0.3 is 15.5 Å². The van der Waals surface area contributed by atoms with Crippen molar-refractivity contribution in [2.45, 2.75) is 95.9 Å². The molecule has 2 N–H and O–H groups in total. The van der Waals surface area contributed by atoms with Gasteiger partial charge in [0.2, 0.25) is 0 Å². The van der Waals surface area contributed by atoms with Crippen LogP contribution in [0, 0.1) is 0 Å². The van der Waals surface area contributed by atoms with Gasteiger partial charge in [0.15, 0.2) is 5.11 Å².